The van der Waals surface area contributed by atoms with Crippen LogP contribution in [-0.4, -0.2) is 11.2 Å². The third-order valence-corrected chi connectivity index (χ3v) is 4.70. The normalized spacial score (nSPS) is 11.8. The van der Waals surface area contributed by atoms with Crippen LogP contribution in [0.4, 0.5) is 10.5 Å². The second-order valence-corrected chi connectivity index (χ2v) is 7.00. The number of ether oxygens (including phenoxy) is 1. The fraction of sp³-hybridized carbons (Fsp3) is 0.158. The lowest BCUT2D eigenvalue weighted by atomic mass is 10.1. The minimum Gasteiger partial charge on any atom is -0.441 e. The van der Waals surface area contributed by atoms with Crippen molar-refractivity contribution in [1.29, 1.82) is 0 Å². The summed E-state index contributed by atoms with van der Waals surface area (Å²) in [7, 11) is 0. The molecule has 3 aromatic rings. The van der Waals surface area contributed by atoms with E-state index in [9.17, 15) is 4.79 Å². The molecule has 0 aliphatic carbocycles. The molecular formula is C19H16BrClN2O3. The molecule has 1 aromatic heterocycles. The lowest BCUT2D eigenvalue weighted by molar-refractivity contribution is 0.121. The van der Waals surface area contributed by atoms with E-state index in [-0.39, 0.29) is 0 Å². The van der Waals surface area contributed by atoms with Crippen LogP contribution in [0.5, 0.6) is 0 Å². The van der Waals surface area contributed by atoms with Crippen LogP contribution in [-0.2, 0) is 4.74 Å². The van der Waals surface area contributed by atoms with E-state index in [1.54, 1.807) is 19.9 Å². The van der Waals surface area contributed by atoms with Crippen LogP contribution >= 0.6 is 27.5 Å². The molecule has 134 valence electrons. The van der Waals surface area contributed by atoms with Crippen LogP contribution in [0.25, 0.3) is 11.3 Å². The van der Waals surface area contributed by atoms with Gasteiger partial charge in [0.15, 0.2) is 5.76 Å². The van der Waals surface area contributed by atoms with E-state index in [2.05, 4.69) is 26.4 Å². The first kappa shape index (κ1) is 18.5. The number of hydrogen-bond acceptors (Lipinski definition) is 4. The third-order valence-electron chi connectivity index (χ3n) is 3.82. The van der Waals surface area contributed by atoms with E-state index < -0.39 is 12.2 Å². The number of aryl methyl sites for hydroxylation is 1. The Kier molecular flexibility index (Phi) is 5.64. The number of nitrogens with one attached hydrogen (secondary N) is 1. The zero-order chi connectivity index (χ0) is 18.7. The summed E-state index contributed by atoms with van der Waals surface area (Å²) in [5.41, 5.74) is 2.57. The molecule has 2 aromatic carbocycles. The summed E-state index contributed by atoms with van der Waals surface area (Å²) < 4.78 is 11.8. The number of hydrogen-bond donors (Lipinski definition) is 1. The van der Waals surface area contributed by atoms with Gasteiger partial charge in [0, 0.05) is 20.6 Å². The predicted octanol–water partition coefficient (Wildman–Crippen LogP) is 6.38. The van der Waals surface area contributed by atoms with Gasteiger partial charge >= 0.3 is 6.09 Å². The van der Waals surface area contributed by atoms with Crippen LogP contribution in [0.2, 0.25) is 5.02 Å². The predicted molar refractivity (Wildman–Crippen MR) is 104 cm³/mol. The largest absolute Gasteiger partial charge is 0.441 e. The molecule has 0 bridgehead atoms. The summed E-state index contributed by atoms with van der Waals surface area (Å²) in [6.45, 7) is 3.51. The Morgan fingerprint density at radius 3 is 2.62 bits per heavy atom. The number of aromatic nitrogens is 1. The Labute approximate surface area is 164 Å². The maximum absolute atomic E-state index is 12.3. The summed E-state index contributed by atoms with van der Waals surface area (Å²) in [5, 5.41) is 7.21. The van der Waals surface area contributed by atoms with Gasteiger partial charge in [-0.1, -0.05) is 50.9 Å². The molecule has 7 heteroatoms. The number of anilines is 1. The first-order chi connectivity index (χ1) is 12.5. The maximum Gasteiger partial charge on any atom is 0.412 e. The highest BCUT2D eigenvalue weighted by Crippen LogP contribution is 2.32. The fourth-order valence-corrected chi connectivity index (χ4v) is 3.03. The minimum atomic E-state index is -0.609. The average molecular weight is 436 g/mol. The molecule has 1 N–H and O–H groups in total. The topological polar surface area (TPSA) is 64.4 Å². The van der Waals surface area contributed by atoms with Crippen molar-refractivity contribution in [3.8, 4) is 11.3 Å². The zero-order valence-corrected chi connectivity index (χ0v) is 16.5. The maximum atomic E-state index is 12.3. The van der Waals surface area contributed by atoms with Gasteiger partial charge in [-0.05, 0) is 44.2 Å². The monoisotopic (exact) mass is 434 g/mol. The Hall–Kier alpha value is -2.31. The second kappa shape index (κ2) is 7.93. The summed E-state index contributed by atoms with van der Waals surface area (Å²) in [6, 6.07) is 14.7. The number of carbonyl (C=O) groups excluding carboxylic acids is 1. The lowest BCUT2D eigenvalue weighted by Crippen LogP contribution is -2.17. The van der Waals surface area contributed by atoms with E-state index in [0.29, 0.717) is 22.2 Å². The minimum absolute atomic E-state index is 0.470. The van der Waals surface area contributed by atoms with E-state index in [0.717, 1.165) is 15.6 Å². The molecule has 0 fully saturated rings. The summed E-state index contributed by atoms with van der Waals surface area (Å²) in [4.78, 5) is 12.3. The Balaban J connectivity index is 1.77. The first-order valence-corrected chi connectivity index (χ1v) is 9.07. The van der Waals surface area contributed by atoms with Gasteiger partial charge in [0.05, 0.1) is 0 Å². The zero-order valence-electron chi connectivity index (χ0n) is 14.1. The van der Waals surface area contributed by atoms with Crippen molar-refractivity contribution in [2.24, 2.45) is 0 Å². The highest BCUT2D eigenvalue weighted by molar-refractivity contribution is 9.10. The molecule has 0 aliphatic rings. The van der Waals surface area contributed by atoms with Crippen LogP contribution in [0.15, 0.2) is 57.5 Å². The lowest BCUT2D eigenvalue weighted by Gasteiger charge is -2.15. The average Bonchev–Trinajstić information content (AvgIpc) is 2.96. The molecule has 1 heterocycles. The van der Waals surface area contributed by atoms with Crippen molar-refractivity contribution in [2.45, 2.75) is 20.0 Å². The molecular weight excluding hydrogens is 420 g/mol. The molecule has 0 saturated carbocycles. The number of nitrogens with zero attached hydrogens (tertiary/aromatic N) is 1. The Morgan fingerprint density at radius 1 is 1.23 bits per heavy atom. The van der Waals surface area contributed by atoms with Crippen molar-refractivity contribution >= 4 is 39.3 Å². The Morgan fingerprint density at radius 2 is 1.92 bits per heavy atom. The van der Waals surface area contributed by atoms with E-state index >= 15 is 0 Å². The standard InChI is InChI=1S/C19H16BrClN2O3/c1-11-17(18(26-23-11)13-7-9-14(20)10-8-13)22-19(24)25-12(2)15-5-3-4-6-16(15)21/h3-10,12H,1-2H3,(H,22,24)/t12-/m1/s1. The molecule has 0 unspecified atom stereocenters. The molecule has 5 nitrogen and oxygen atoms in total. The number of carbonyl (C=O) groups is 1. The second-order valence-electron chi connectivity index (χ2n) is 5.67. The van der Waals surface area contributed by atoms with Gasteiger partial charge in [-0.15, -0.1) is 0 Å². The number of halogens is 2. The Bertz CT molecular complexity index is 925. The molecule has 3 rings (SSSR count). The molecule has 0 aliphatic heterocycles. The summed E-state index contributed by atoms with van der Waals surface area (Å²) in [5.74, 6) is 0.470. The summed E-state index contributed by atoms with van der Waals surface area (Å²) in [6.07, 6.45) is -1.11. The highest BCUT2D eigenvalue weighted by Gasteiger charge is 2.20. The fourth-order valence-electron chi connectivity index (χ4n) is 2.48. The molecule has 26 heavy (non-hydrogen) atoms. The molecule has 1 amide bonds. The van der Waals surface area contributed by atoms with Gasteiger partial charge in [0.2, 0.25) is 0 Å². The van der Waals surface area contributed by atoms with E-state index in [1.807, 2.05) is 42.5 Å². The van der Waals surface area contributed by atoms with Gasteiger partial charge < -0.3 is 9.26 Å². The smallest absolute Gasteiger partial charge is 0.412 e. The van der Waals surface area contributed by atoms with Gasteiger partial charge in [-0.2, -0.15) is 0 Å². The van der Waals surface area contributed by atoms with Gasteiger partial charge in [-0.25, -0.2) is 4.79 Å². The number of benzene rings is 2. The van der Waals surface area contributed by atoms with Crippen molar-refractivity contribution < 1.29 is 14.1 Å². The highest BCUT2D eigenvalue weighted by atomic mass is 79.9. The van der Waals surface area contributed by atoms with E-state index in [1.165, 1.54) is 0 Å². The van der Waals surface area contributed by atoms with Crippen LogP contribution < -0.4 is 5.32 Å². The quantitative estimate of drug-likeness (QED) is 0.517. The summed E-state index contributed by atoms with van der Waals surface area (Å²) >= 11 is 9.54. The van der Waals surface area contributed by atoms with Crippen LogP contribution in [0, 0.1) is 6.92 Å². The van der Waals surface area contributed by atoms with Gasteiger partial charge in [0.1, 0.15) is 17.5 Å². The molecule has 0 spiro atoms. The van der Waals surface area contributed by atoms with Crippen molar-refractivity contribution in [2.75, 3.05) is 5.32 Å². The van der Waals surface area contributed by atoms with Gasteiger partial charge in [-0.3, -0.25) is 5.32 Å². The van der Waals surface area contributed by atoms with Gasteiger partial charge in [0.25, 0.3) is 0 Å². The van der Waals surface area contributed by atoms with Crippen molar-refractivity contribution in [1.82, 2.24) is 5.16 Å². The van der Waals surface area contributed by atoms with Crippen molar-refractivity contribution in [3.05, 3.63) is 69.3 Å². The molecule has 0 saturated heterocycles. The number of rotatable bonds is 4. The van der Waals surface area contributed by atoms with Crippen LogP contribution in [0.1, 0.15) is 24.3 Å². The van der Waals surface area contributed by atoms with Crippen molar-refractivity contribution in [3.63, 3.8) is 0 Å². The first-order valence-electron chi connectivity index (χ1n) is 7.90. The SMILES string of the molecule is Cc1noc(-c2ccc(Br)cc2)c1NC(=O)O[C@H](C)c1ccccc1Cl. The van der Waals surface area contributed by atoms with E-state index in [4.69, 9.17) is 20.9 Å². The number of amides is 1. The van der Waals surface area contributed by atoms with Crippen LogP contribution in [0.3, 0.4) is 0 Å². The third kappa shape index (κ3) is 4.08. The molecule has 0 radical (unpaired) electrons. The molecule has 1 atom stereocenters.